The van der Waals surface area contributed by atoms with Crippen molar-refractivity contribution in [2.24, 2.45) is 0 Å². The zero-order valence-corrected chi connectivity index (χ0v) is 44.2. The molecule has 0 rings (SSSR count). The van der Waals surface area contributed by atoms with Crippen molar-refractivity contribution in [3.63, 3.8) is 0 Å². The second-order valence-corrected chi connectivity index (χ2v) is 18.8. The predicted molar refractivity (Wildman–Crippen MR) is 288 cm³/mol. The zero-order chi connectivity index (χ0) is 48.6. The third-order valence-electron chi connectivity index (χ3n) is 12.2. The Morgan fingerprint density at radius 3 is 0.910 bits per heavy atom. The van der Waals surface area contributed by atoms with Crippen LogP contribution in [0, 0.1) is 0 Å². The minimum atomic E-state index is -0.783. The van der Waals surface area contributed by atoms with Crippen LogP contribution in [-0.4, -0.2) is 37.2 Å². The first kappa shape index (κ1) is 63.8. The Morgan fingerprint density at radius 2 is 0.582 bits per heavy atom. The van der Waals surface area contributed by atoms with Crippen molar-refractivity contribution in [1.82, 2.24) is 0 Å². The summed E-state index contributed by atoms with van der Waals surface area (Å²) in [4.78, 5) is 38.1. The van der Waals surface area contributed by atoms with E-state index in [1.807, 2.05) is 0 Å². The van der Waals surface area contributed by atoms with Gasteiger partial charge in [-0.1, -0.05) is 248 Å². The van der Waals surface area contributed by atoms with E-state index in [9.17, 15) is 14.4 Å². The lowest BCUT2D eigenvalue weighted by molar-refractivity contribution is -0.167. The number of carbonyl (C=O) groups is 3. The van der Waals surface area contributed by atoms with Crippen molar-refractivity contribution in [2.75, 3.05) is 13.2 Å². The second-order valence-electron chi connectivity index (χ2n) is 18.8. The van der Waals surface area contributed by atoms with E-state index in [-0.39, 0.29) is 31.1 Å². The fourth-order valence-electron chi connectivity index (χ4n) is 8.00. The van der Waals surface area contributed by atoms with E-state index in [0.717, 1.165) is 109 Å². The third kappa shape index (κ3) is 53.7. The number of ether oxygens (including phenoxy) is 3. The smallest absolute Gasteiger partial charge is 0.306 e. The number of rotatable bonds is 51. The van der Waals surface area contributed by atoms with Crippen molar-refractivity contribution >= 4 is 17.9 Å². The highest BCUT2D eigenvalue weighted by atomic mass is 16.6. The molecule has 0 heterocycles. The van der Waals surface area contributed by atoms with Crippen LogP contribution in [0.1, 0.15) is 278 Å². The van der Waals surface area contributed by atoms with Gasteiger partial charge in [-0.05, 0) is 83.5 Å². The Morgan fingerprint density at radius 1 is 0.313 bits per heavy atom. The monoisotopic (exact) mass is 935 g/mol. The van der Waals surface area contributed by atoms with E-state index in [0.29, 0.717) is 19.3 Å². The van der Waals surface area contributed by atoms with Gasteiger partial charge in [-0.2, -0.15) is 0 Å². The van der Waals surface area contributed by atoms with Gasteiger partial charge in [0, 0.05) is 19.3 Å². The molecule has 0 spiro atoms. The Kier molecular flexibility index (Phi) is 52.8. The molecular weight excluding hydrogens is 829 g/mol. The van der Waals surface area contributed by atoms with Crippen LogP contribution in [0.2, 0.25) is 0 Å². The van der Waals surface area contributed by atoms with Gasteiger partial charge in [0.1, 0.15) is 13.2 Å². The van der Waals surface area contributed by atoms with Gasteiger partial charge in [0.2, 0.25) is 0 Å². The van der Waals surface area contributed by atoms with Gasteiger partial charge in [-0.15, -0.1) is 0 Å². The average molecular weight is 936 g/mol. The lowest BCUT2D eigenvalue weighted by Crippen LogP contribution is -2.30. The Hall–Kier alpha value is -3.15. The molecule has 0 radical (unpaired) electrons. The predicted octanol–water partition coefficient (Wildman–Crippen LogP) is 19.0. The molecule has 0 saturated carbocycles. The molecule has 0 N–H and O–H groups in total. The molecule has 0 saturated heterocycles. The first-order valence-corrected chi connectivity index (χ1v) is 28.4. The maximum atomic E-state index is 12.9. The standard InChI is InChI=1S/C61H106O6/c1-4-7-10-13-16-19-22-25-28-30-31-32-34-36-39-42-45-48-51-54-60(63)66-57-58(56-65-59(62)53-50-47-44-41-38-35-27-24-21-18-15-12-9-6-3)67-61(64)55-52-49-46-43-40-37-33-29-26-23-20-17-14-11-8-5-2/h7,9-10,12,16,18-19,21,25,28,31-32,58H,4-6,8,11,13-15,17,20,22-24,26-27,29-30,33-57H2,1-3H3/b10-7-,12-9-,19-16-,21-18-,28-25-,32-31-. The summed E-state index contributed by atoms with van der Waals surface area (Å²) in [6.07, 6.45) is 70.3. The second kappa shape index (κ2) is 55.4. The molecule has 0 amide bonds. The maximum Gasteiger partial charge on any atom is 0.306 e. The molecule has 386 valence electrons. The lowest BCUT2D eigenvalue weighted by atomic mass is 10.0. The molecule has 6 nitrogen and oxygen atoms in total. The van der Waals surface area contributed by atoms with Crippen molar-refractivity contribution in [2.45, 2.75) is 284 Å². The van der Waals surface area contributed by atoms with Crippen molar-refractivity contribution < 1.29 is 28.6 Å². The minimum Gasteiger partial charge on any atom is -0.462 e. The first-order chi connectivity index (χ1) is 33.0. The van der Waals surface area contributed by atoms with E-state index in [2.05, 4.69) is 93.7 Å². The molecule has 1 unspecified atom stereocenters. The molecular formula is C61H106O6. The fraction of sp³-hybridized carbons (Fsp3) is 0.754. The third-order valence-corrected chi connectivity index (χ3v) is 12.2. The molecule has 67 heavy (non-hydrogen) atoms. The quantitative estimate of drug-likeness (QED) is 0.0262. The number of unbranched alkanes of at least 4 members (excludes halogenated alkanes) is 28. The van der Waals surface area contributed by atoms with Crippen LogP contribution in [0.3, 0.4) is 0 Å². The molecule has 0 fully saturated rings. The van der Waals surface area contributed by atoms with Crippen molar-refractivity contribution in [1.29, 1.82) is 0 Å². The zero-order valence-electron chi connectivity index (χ0n) is 44.2. The van der Waals surface area contributed by atoms with Crippen LogP contribution >= 0.6 is 0 Å². The summed E-state index contributed by atoms with van der Waals surface area (Å²) in [7, 11) is 0. The van der Waals surface area contributed by atoms with Gasteiger partial charge in [-0.3, -0.25) is 14.4 Å². The highest BCUT2D eigenvalue weighted by Gasteiger charge is 2.19. The highest BCUT2D eigenvalue weighted by Crippen LogP contribution is 2.16. The van der Waals surface area contributed by atoms with Gasteiger partial charge in [-0.25, -0.2) is 0 Å². The Bertz CT molecular complexity index is 1260. The van der Waals surface area contributed by atoms with Crippen molar-refractivity contribution in [3.05, 3.63) is 72.9 Å². The van der Waals surface area contributed by atoms with E-state index in [4.69, 9.17) is 14.2 Å². The first-order valence-electron chi connectivity index (χ1n) is 28.4. The van der Waals surface area contributed by atoms with E-state index in [1.165, 1.54) is 128 Å². The Balaban J connectivity index is 4.39. The van der Waals surface area contributed by atoms with E-state index < -0.39 is 6.10 Å². The number of carbonyl (C=O) groups excluding carboxylic acids is 3. The van der Waals surface area contributed by atoms with E-state index in [1.54, 1.807) is 0 Å². The molecule has 0 bridgehead atoms. The molecule has 0 aromatic heterocycles. The van der Waals surface area contributed by atoms with Gasteiger partial charge in [0.15, 0.2) is 6.10 Å². The van der Waals surface area contributed by atoms with Crippen LogP contribution < -0.4 is 0 Å². The SMILES string of the molecule is CC/C=C\C/C=C\C/C=C\C/C=C\CCCCCCCCC(=O)OCC(COC(=O)CCCCCCCCC/C=C\C/C=C\CC)OC(=O)CCCCCCCCCCCCCCCCCC. The van der Waals surface area contributed by atoms with Crippen LogP contribution in [0.4, 0.5) is 0 Å². The summed E-state index contributed by atoms with van der Waals surface area (Å²) in [5, 5.41) is 0. The summed E-state index contributed by atoms with van der Waals surface area (Å²) in [5.41, 5.74) is 0. The molecule has 1 atom stereocenters. The van der Waals surface area contributed by atoms with Crippen LogP contribution in [0.25, 0.3) is 0 Å². The van der Waals surface area contributed by atoms with Crippen LogP contribution in [0.5, 0.6) is 0 Å². The molecule has 0 aromatic carbocycles. The van der Waals surface area contributed by atoms with Gasteiger partial charge in [0.05, 0.1) is 0 Å². The maximum absolute atomic E-state index is 12.9. The Labute approximate surface area is 414 Å². The molecule has 0 aliphatic rings. The van der Waals surface area contributed by atoms with Gasteiger partial charge < -0.3 is 14.2 Å². The van der Waals surface area contributed by atoms with Crippen LogP contribution in [-0.2, 0) is 28.6 Å². The number of esters is 3. The number of allylic oxidation sites excluding steroid dienone is 12. The highest BCUT2D eigenvalue weighted by molar-refractivity contribution is 5.71. The average Bonchev–Trinajstić information content (AvgIpc) is 3.33. The normalized spacial score (nSPS) is 12.6. The number of hydrogen-bond donors (Lipinski definition) is 0. The summed E-state index contributed by atoms with van der Waals surface area (Å²) in [6, 6.07) is 0. The fourth-order valence-corrected chi connectivity index (χ4v) is 8.00. The summed E-state index contributed by atoms with van der Waals surface area (Å²) >= 11 is 0. The largest absolute Gasteiger partial charge is 0.462 e. The van der Waals surface area contributed by atoms with Gasteiger partial charge >= 0.3 is 17.9 Å². The lowest BCUT2D eigenvalue weighted by Gasteiger charge is -2.18. The van der Waals surface area contributed by atoms with E-state index >= 15 is 0 Å². The molecule has 0 aliphatic carbocycles. The number of hydrogen-bond acceptors (Lipinski definition) is 6. The summed E-state index contributed by atoms with van der Waals surface area (Å²) in [5.74, 6) is -0.894. The minimum absolute atomic E-state index is 0.0823. The van der Waals surface area contributed by atoms with Gasteiger partial charge in [0.25, 0.3) is 0 Å². The van der Waals surface area contributed by atoms with Crippen molar-refractivity contribution in [3.8, 4) is 0 Å². The molecule has 6 heteroatoms. The summed E-state index contributed by atoms with van der Waals surface area (Å²) < 4.78 is 16.9. The molecule has 0 aromatic rings. The summed E-state index contributed by atoms with van der Waals surface area (Å²) in [6.45, 7) is 6.43. The molecule has 0 aliphatic heterocycles. The van der Waals surface area contributed by atoms with Crippen LogP contribution in [0.15, 0.2) is 72.9 Å². The topological polar surface area (TPSA) is 78.9 Å².